The van der Waals surface area contributed by atoms with Crippen molar-refractivity contribution in [1.29, 1.82) is 0 Å². The first-order valence-electron chi connectivity index (χ1n) is 12.1. The van der Waals surface area contributed by atoms with Crippen molar-refractivity contribution >= 4 is 35.5 Å². The number of carbonyl (C=O) groups excluding carboxylic acids is 4. The van der Waals surface area contributed by atoms with Crippen molar-refractivity contribution in [2.75, 3.05) is 0 Å². The molecule has 3 rings (SSSR count). The number of esters is 4. The van der Waals surface area contributed by atoms with Crippen molar-refractivity contribution < 1.29 is 43.2 Å². The maximum absolute atomic E-state index is 12.8. The van der Waals surface area contributed by atoms with Gasteiger partial charge in [-0.1, -0.05) is 26.5 Å². The smallest absolute Gasteiger partial charge is 0.312 e. The molecule has 200 valence electrons. The maximum Gasteiger partial charge on any atom is 0.312 e. The average molecular weight is 527 g/mol. The minimum atomic E-state index is -2.05. The van der Waals surface area contributed by atoms with E-state index >= 15 is 0 Å². The van der Waals surface area contributed by atoms with Crippen LogP contribution in [0.5, 0.6) is 0 Å². The number of fused-ring (bicyclic) bond motifs is 2. The van der Waals surface area contributed by atoms with E-state index in [1.54, 1.807) is 19.1 Å². The normalized spacial score (nSPS) is 42.4. The molecule has 2 fully saturated rings. The van der Waals surface area contributed by atoms with Crippen LogP contribution in [0.1, 0.15) is 54.4 Å². The first-order chi connectivity index (χ1) is 16.6. The summed E-state index contributed by atoms with van der Waals surface area (Å²) in [6, 6.07) is 0. The summed E-state index contributed by atoms with van der Waals surface area (Å²) in [7, 11) is 0. The van der Waals surface area contributed by atoms with Gasteiger partial charge in [0.15, 0.2) is 11.7 Å². The SMILES string of the molecule is C=C1C=CC(OC(C)=O)C2(C)C(OC(C)=O)CCC(C)C2C(OC(C)=O)C2(O)C(C)C(=O)OC2C1Cl. The van der Waals surface area contributed by atoms with Crippen LogP contribution in [0.2, 0.25) is 0 Å². The molecule has 1 saturated heterocycles. The van der Waals surface area contributed by atoms with Gasteiger partial charge in [-0.3, -0.25) is 19.2 Å². The van der Waals surface area contributed by atoms with E-state index < -0.39 is 76.5 Å². The molecule has 10 atom stereocenters. The average Bonchev–Trinajstić information content (AvgIpc) is 3.00. The fourth-order valence-corrected chi connectivity index (χ4v) is 6.59. The topological polar surface area (TPSA) is 125 Å². The Labute approximate surface area is 216 Å². The highest BCUT2D eigenvalue weighted by Gasteiger charge is 2.69. The number of carbonyl (C=O) groups is 4. The third-order valence-corrected chi connectivity index (χ3v) is 8.56. The molecule has 0 amide bonds. The standard InChI is InChI=1S/C26H35ClO9/c1-12-8-10-18(33-15(4)28)25(7)19(34-16(5)29)11-9-13(2)21(27)23-26(32,14(3)24(31)36-23)22(20(12)25)35-17(6)30/h9,11-12,14,18-23,32H,2,8,10H2,1,3-7H3. The summed E-state index contributed by atoms with van der Waals surface area (Å²) in [4.78, 5) is 49.6. The Morgan fingerprint density at radius 1 is 1.08 bits per heavy atom. The molecular weight excluding hydrogens is 492 g/mol. The molecule has 3 aliphatic rings. The van der Waals surface area contributed by atoms with Crippen molar-refractivity contribution in [2.45, 2.75) is 89.8 Å². The van der Waals surface area contributed by atoms with E-state index in [0.717, 1.165) is 0 Å². The summed E-state index contributed by atoms with van der Waals surface area (Å²) < 4.78 is 22.9. The van der Waals surface area contributed by atoms with Gasteiger partial charge in [-0.05, 0) is 37.3 Å². The van der Waals surface area contributed by atoms with Gasteiger partial charge in [0.25, 0.3) is 0 Å². The highest BCUT2D eigenvalue weighted by atomic mass is 35.5. The van der Waals surface area contributed by atoms with E-state index in [9.17, 15) is 24.3 Å². The predicted molar refractivity (Wildman–Crippen MR) is 129 cm³/mol. The second kappa shape index (κ2) is 10.2. The molecule has 0 aromatic carbocycles. The van der Waals surface area contributed by atoms with E-state index in [2.05, 4.69) is 6.58 Å². The lowest BCUT2D eigenvalue weighted by atomic mass is 9.53. The van der Waals surface area contributed by atoms with Gasteiger partial charge in [-0.15, -0.1) is 11.6 Å². The molecule has 9 nitrogen and oxygen atoms in total. The summed E-state index contributed by atoms with van der Waals surface area (Å²) in [6.45, 7) is 12.9. The van der Waals surface area contributed by atoms with Crippen molar-refractivity contribution in [3.8, 4) is 0 Å². The Kier molecular flexibility index (Phi) is 7.96. The van der Waals surface area contributed by atoms with Crippen LogP contribution in [0.4, 0.5) is 0 Å². The van der Waals surface area contributed by atoms with Crippen LogP contribution in [0.3, 0.4) is 0 Å². The Morgan fingerprint density at radius 2 is 1.67 bits per heavy atom. The van der Waals surface area contributed by atoms with E-state index in [1.807, 2.05) is 6.92 Å². The summed E-state index contributed by atoms with van der Waals surface area (Å²) in [5, 5.41) is 11.2. The largest absolute Gasteiger partial charge is 0.462 e. The highest BCUT2D eigenvalue weighted by Crippen LogP contribution is 2.56. The molecule has 0 radical (unpaired) electrons. The lowest BCUT2D eigenvalue weighted by molar-refractivity contribution is -0.235. The molecule has 10 heteroatoms. The third-order valence-electron chi connectivity index (χ3n) is 8.05. The van der Waals surface area contributed by atoms with Gasteiger partial charge < -0.3 is 24.1 Å². The van der Waals surface area contributed by atoms with Gasteiger partial charge in [-0.25, -0.2) is 0 Å². The Bertz CT molecular complexity index is 976. The monoisotopic (exact) mass is 526 g/mol. The molecule has 36 heavy (non-hydrogen) atoms. The first-order valence-corrected chi connectivity index (χ1v) is 12.5. The maximum atomic E-state index is 12.8. The lowest BCUT2D eigenvalue weighted by Crippen LogP contribution is -2.67. The quantitative estimate of drug-likeness (QED) is 0.335. The van der Waals surface area contributed by atoms with E-state index in [1.165, 1.54) is 27.7 Å². The Morgan fingerprint density at radius 3 is 2.22 bits per heavy atom. The molecule has 0 spiro atoms. The van der Waals surface area contributed by atoms with Crippen LogP contribution in [0.15, 0.2) is 24.3 Å². The lowest BCUT2D eigenvalue weighted by Gasteiger charge is -2.56. The predicted octanol–water partition coefficient (Wildman–Crippen LogP) is 2.86. The Balaban J connectivity index is 2.37. The minimum absolute atomic E-state index is 0.221. The molecule has 0 bridgehead atoms. The summed E-state index contributed by atoms with van der Waals surface area (Å²) in [5.41, 5.74) is -2.95. The number of allylic oxidation sites excluding steroid dienone is 1. The molecule has 1 heterocycles. The van der Waals surface area contributed by atoms with Gasteiger partial charge in [0.2, 0.25) is 0 Å². The zero-order valence-corrected chi connectivity index (χ0v) is 22.2. The minimum Gasteiger partial charge on any atom is -0.462 e. The summed E-state index contributed by atoms with van der Waals surface area (Å²) in [6.07, 6.45) is -0.183. The molecule has 1 saturated carbocycles. The van der Waals surface area contributed by atoms with E-state index in [4.69, 9.17) is 30.5 Å². The molecule has 1 aliphatic heterocycles. The number of rotatable bonds is 3. The van der Waals surface area contributed by atoms with Gasteiger partial charge in [0.05, 0.1) is 16.7 Å². The van der Waals surface area contributed by atoms with Crippen LogP contribution in [0, 0.1) is 23.2 Å². The number of ether oxygens (including phenoxy) is 4. The van der Waals surface area contributed by atoms with Gasteiger partial charge in [-0.2, -0.15) is 0 Å². The van der Waals surface area contributed by atoms with Crippen LogP contribution < -0.4 is 0 Å². The fourth-order valence-electron chi connectivity index (χ4n) is 6.26. The van der Waals surface area contributed by atoms with Crippen molar-refractivity contribution in [3.05, 3.63) is 24.3 Å². The molecule has 0 aromatic heterocycles. The van der Waals surface area contributed by atoms with Crippen molar-refractivity contribution in [2.24, 2.45) is 23.2 Å². The number of alkyl halides is 1. The van der Waals surface area contributed by atoms with Crippen LogP contribution >= 0.6 is 11.6 Å². The summed E-state index contributed by atoms with van der Waals surface area (Å²) >= 11 is 6.68. The molecule has 0 aromatic rings. The second-order valence-electron chi connectivity index (χ2n) is 10.4. The Hall–Kier alpha value is -2.39. The third kappa shape index (κ3) is 4.67. The van der Waals surface area contributed by atoms with Crippen molar-refractivity contribution in [3.63, 3.8) is 0 Å². The summed E-state index contributed by atoms with van der Waals surface area (Å²) in [5.74, 6) is -4.57. The van der Waals surface area contributed by atoms with Crippen LogP contribution in [-0.4, -0.2) is 64.4 Å². The number of halogens is 1. The first kappa shape index (κ1) is 28.2. The van der Waals surface area contributed by atoms with Gasteiger partial charge >= 0.3 is 23.9 Å². The van der Waals surface area contributed by atoms with E-state index in [-0.39, 0.29) is 11.5 Å². The highest BCUT2D eigenvalue weighted by molar-refractivity contribution is 6.23. The molecule has 1 N–H and O–H groups in total. The molecule has 2 aliphatic carbocycles. The molecular formula is C26H35ClO9. The number of aliphatic hydroxyl groups is 1. The van der Waals surface area contributed by atoms with Crippen molar-refractivity contribution in [1.82, 2.24) is 0 Å². The van der Waals surface area contributed by atoms with E-state index in [0.29, 0.717) is 12.8 Å². The molecule has 10 unspecified atom stereocenters. The fraction of sp³-hybridized carbons (Fsp3) is 0.692. The van der Waals surface area contributed by atoms with Gasteiger partial charge in [0, 0.05) is 26.7 Å². The second-order valence-corrected chi connectivity index (χ2v) is 10.9. The zero-order valence-electron chi connectivity index (χ0n) is 21.5. The number of hydrogen-bond acceptors (Lipinski definition) is 9. The van der Waals surface area contributed by atoms with Crippen LogP contribution in [0.25, 0.3) is 0 Å². The van der Waals surface area contributed by atoms with Gasteiger partial charge in [0.1, 0.15) is 18.3 Å². The van der Waals surface area contributed by atoms with Crippen LogP contribution in [-0.2, 0) is 38.1 Å². The number of hydrogen-bond donors (Lipinski definition) is 1. The zero-order chi connectivity index (χ0) is 27.2.